The molecule has 0 aliphatic heterocycles. The van der Waals surface area contributed by atoms with E-state index in [4.69, 9.17) is 12.2 Å². The smallest absolute Gasteiger partial charge is 0.174 e. The first kappa shape index (κ1) is 19.5. The third kappa shape index (κ3) is 4.84. The van der Waals surface area contributed by atoms with Crippen LogP contribution in [0.3, 0.4) is 0 Å². The van der Waals surface area contributed by atoms with Gasteiger partial charge in [-0.15, -0.1) is 10.2 Å². The average molecular weight is 361 g/mol. The monoisotopic (exact) mass is 360 g/mol. The summed E-state index contributed by atoms with van der Waals surface area (Å²) in [6.45, 7) is 12.7. The molecule has 0 saturated carbocycles. The number of tetrazole rings is 1. The molecule has 2 N–H and O–H groups in total. The summed E-state index contributed by atoms with van der Waals surface area (Å²) in [5, 5.41) is 24.8. The van der Waals surface area contributed by atoms with Crippen molar-refractivity contribution in [2.24, 2.45) is 0 Å². The lowest BCUT2D eigenvalue weighted by Crippen LogP contribution is -2.18. The van der Waals surface area contributed by atoms with E-state index in [9.17, 15) is 5.11 Å². The van der Waals surface area contributed by atoms with E-state index in [-0.39, 0.29) is 10.8 Å². The number of benzene rings is 1. The van der Waals surface area contributed by atoms with Crippen LogP contribution >= 0.6 is 12.2 Å². The zero-order valence-corrected chi connectivity index (χ0v) is 16.8. The van der Waals surface area contributed by atoms with Gasteiger partial charge >= 0.3 is 0 Å². The molecule has 6 heteroatoms. The number of aromatic amines is 1. The number of rotatable bonds is 5. The number of aromatic hydroxyl groups is 1. The van der Waals surface area contributed by atoms with E-state index in [0.29, 0.717) is 11.6 Å². The molecule has 0 aliphatic rings. The van der Waals surface area contributed by atoms with Crippen LogP contribution in [0.1, 0.15) is 76.9 Å². The number of nitrogens with one attached hydrogen (secondary N) is 1. The minimum Gasteiger partial charge on any atom is -0.507 e. The van der Waals surface area contributed by atoms with E-state index in [0.717, 1.165) is 40.8 Å². The molecule has 1 heterocycles. The molecule has 0 radical (unpaired) electrons. The molecule has 2 aromatic rings. The second kappa shape index (κ2) is 7.20. The summed E-state index contributed by atoms with van der Waals surface area (Å²) < 4.78 is 0. The molecule has 0 bridgehead atoms. The van der Waals surface area contributed by atoms with Crippen molar-refractivity contribution < 1.29 is 5.11 Å². The van der Waals surface area contributed by atoms with Gasteiger partial charge in [0, 0.05) is 22.4 Å². The fourth-order valence-corrected chi connectivity index (χ4v) is 3.04. The van der Waals surface area contributed by atoms with Crippen LogP contribution in [0.4, 0.5) is 0 Å². The van der Waals surface area contributed by atoms with Gasteiger partial charge in [-0.1, -0.05) is 59.0 Å². The lowest BCUT2D eigenvalue weighted by molar-refractivity contribution is 0.423. The number of hydrogen-bond donors (Lipinski definition) is 2. The first-order valence-electron chi connectivity index (χ1n) is 8.63. The van der Waals surface area contributed by atoms with Gasteiger partial charge in [0.25, 0.3) is 0 Å². The topological polar surface area (TPSA) is 74.7 Å². The lowest BCUT2D eigenvalue weighted by atomic mass is 9.78. The molecule has 0 amide bonds. The normalized spacial score (nSPS) is 12.4. The van der Waals surface area contributed by atoms with Gasteiger partial charge in [-0.05, 0) is 41.4 Å². The highest BCUT2D eigenvalue weighted by molar-refractivity contribution is 7.80. The molecular weight excluding hydrogens is 332 g/mol. The molecule has 5 nitrogen and oxygen atoms in total. The van der Waals surface area contributed by atoms with Crippen molar-refractivity contribution in [1.29, 1.82) is 0 Å². The molecule has 136 valence electrons. The minimum atomic E-state index is -0.152. The highest BCUT2D eigenvalue weighted by Gasteiger charge is 2.27. The number of thiocarbonyl (C=S) groups is 1. The summed E-state index contributed by atoms with van der Waals surface area (Å²) in [7, 11) is 0. The van der Waals surface area contributed by atoms with Crippen LogP contribution in [0.25, 0.3) is 0 Å². The molecular formula is C19H28N4OS. The number of aryl methyl sites for hydroxylation is 1. The van der Waals surface area contributed by atoms with Gasteiger partial charge in [-0.25, -0.2) is 0 Å². The van der Waals surface area contributed by atoms with Gasteiger partial charge < -0.3 is 5.11 Å². The Morgan fingerprint density at radius 3 is 2.08 bits per heavy atom. The first-order chi connectivity index (χ1) is 11.5. The third-order valence-corrected chi connectivity index (χ3v) is 4.68. The summed E-state index contributed by atoms with van der Waals surface area (Å²) in [4.78, 5) is 0.902. The van der Waals surface area contributed by atoms with Crippen molar-refractivity contribution in [2.75, 3.05) is 0 Å². The quantitative estimate of drug-likeness (QED) is 0.616. The summed E-state index contributed by atoms with van der Waals surface area (Å²) in [6.07, 6.45) is 2.39. The summed E-state index contributed by atoms with van der Waals surface area (Å²) in [5.41, 5.74) is 2.60. The van der Waals surface area contributed by atoms with Crippen LogP contribution in [-0.2, 0) is 17.3 Å². The zero-order chi connectivity index (χ0) is 18.8. The maximum absolute atomic E-state index is 10.8. The van der Waals surface area contributed by atoms with Gasteiger partial charge in [0.2, 0.25) is 0 Å². The molecule has 0 saturated heterocycles. The maximum Gasteiger partial charge on any atom is 0.174 e. The van der Waals surface area contributed by atoms with Crippen molar-refractivity contribution in [2.45, 2.75) is 71.6 Å². The zero-order valence-electron chi connectivity index (χ0n) is 16.0. The van der Waals surface area contributed by atoms with Crippen molar-refractivity contribution in [3.05, 3.63) is 34.6 Å². The van der Waals surface area contributed by atoms with Gasteiger partial charge in [-0.2, -0.15) is 5.21 Å². The number of aromatic nitrogens is 4. The Hall–Kier alpha value is -1.82. The first-order valence-corrected chi connectivity index (χ1v) is 9.04. The SMILES string of the molecule is CC(C)(C)c1cc(C(=S)CCCc2nn[nH]n2)cc(C(C)(C)C)c1O. The Labute approximate surface area is 155 Å². The molecule has 1 aromatic carbocycles. The van der Waals surface area contributed by atoms with Gasteiger partial charge in [0.05, 0.1) is 0 Å². The highest BCUT2D eigenvalue weighted by atomic mass is 32.1. The van der Waals surface area contributed by atoms with Gasteiger partial charge in [0.15, 0.2) is 5.82 Å². The Morgan fingerprint density at radius 2 is 1.64 bits per heavy atom. The fraction of sp³-hybridized carbons (Fsp3) is 0.579. The molecule has 0 aliphatic carbocycles. The highest BCUT2D eigenvalue weighted by Crippen LogP contribution is 2.40. The van der Waals surface area contributed by atoms with E-state index in [2.05, 4.69) is 62.2 Å². The van der Waals surface area contributed by atoms with E-state index < -0.39 is 0 Å². The van der Waals surface area contributed by atoms with Crippen molar-refractivity contribution in [3.8, 4) is 5.75 Å². The van der Waals surface area contributed by atoms with Crippen LogP contribution in [0.5, 0.6) is 5.75 Å². The lowest BCUT2D eigenvalue weighted by Gasteiger charge is -2.28. The maximum atomic E-state index is 10.8. The van der Waals surface area contributed by atoms with E-state index in [1.807, 2.05) is 12.1 Å². The van der Waals surface area contributed by atoms with Crippen LogP contribution in [0.15, 0.2) is 12.1 Å². The standard InChI is InChI=1S/C19H28N4OS/c1-18(2,3)13-10-12(11-14(17(13)24)19(4,5)6)15(25)8-7-9-16-20-22-23-21-16/h10-11,24H,7-9H2,1-6H3,(H,20,21,22,23). The predicted octanol–water partition coefficient (Wildman–Crippen LogP) is 4.24. The molecule has 0 atom stereocenters. The number of H-pyrrole nitrogens is 1. The van der Waals surface area contributed by atoms with Crippen LogP contribution in [0, 0.1) is 0 Å². The molecule has 0 spiro atoms. The second-order valence-electron chi connectivity index (χ2n) is 8.52. The molecule has 0 fully saturated rings. The Morgan fingerprint density at radius 1 is 1.08 bits per heavy atom. The van der Waals surface area contributed by atoms with Crippen molar-refractivity contribution >= 4 is 17.1 Å². The molecule has 0 unspecified atom stereocenters. The molecule has 25 heavy (non-hydrogen) atoms. The largest absolute Gasteiger partial charge is 0.507 e. The van der Waals surface area contributed by atoms with E-state index in [1.165, 1.54) is 0 Å². The minimum absolute atomic E-state index is 0.152. The number of phenolic OH excluding ortho intramolecular Hbond substituents is 1. The van der Waals surface area contributed by atoms with E-state index in [1.54, 1.807) is 0 Å². The third-order valence-electron chi connectivity index (χ3n) is 4.24. The predicted molar refractivity (Wildman–Crippen MR) is 104 cm³/mol. The van der Waals surface area contributed by atoms with E-state index >= 15 is 0 Å². The Balaban J connectivity index is 2.28. The number of phenols is 1. The second-order valence-corrected chi connectivity index (χ2v) is 9.02. The van der Waals surface area contributed by atoms with Crippen molar-refractivity contribution in [3.63, 3.8) is 0 Å². The van der Waals surface area contributed by atoms with Gasteiger partial charge in [0.1, 0.15) is 5.75 Å². The summed E-state index contributed by atoms with van der Waals surface area (Å²) >= 11 is 5.68. The summed E-state index contributed by atoms with van der Waals surface area (Å²) in [6, 6.07) is 4.09. The average Bonchev–Trinajstić information content (AvgIpc) is 2.98. The number of nitrogens with zero attached hydrogens (tertiary/aromatic N) is 3. The van der Waals surface area contributed by atoms with Crippen LogP contribution < -0.4 is 0 Å². The summed E-state index contributed by atoms with van der Waals surface area (Å²) in [5.74, 6) is 1.10. The van der Waals surface area contributed by atoms with Crippen LogP contribution in [-0.4, -0.2) is 30.6 Å². The number of hydrogen-bond acceptors (Lipinski definition) is 5. The van der Waals surface area contributed by atoms with Crippen molar-refractivity contribution in [1.82, 2.24) is 20.6 Å². The molecule has 1 aromatic heterocycles. The Bertz CT molecular complexity index is 705. The van der Waals surface area contributed by atoms with Crippen LogP contribution in [0.2, 0.25) is 0 Å². The molecule has 2 rings (SSSR count). The fourth-order valence-electron chi connectivity index (χ4n) is 2.78. The van der Waals surface area contributed by atoms with Gasteiger partial charge in [-0.3, -0.25) is 0 Å². The Kier molecular flexibility index (Phi) is 5.62.